The van der Waals surface area contributed by atoms with E-state index in [1.54, 1.807) is 14.1 Å². The Morgan fingerprint density at radius 2 is 2.00 bits per heavy atom. The standard InChI is InChI=1S/C9H19NO2/c1-5-7(2)8(6-11)9(12)10(3)4/h7-8,11H,5-6H2,1-4H3. The Bertz CT molecular complexity index is 145. The lowest BCUT2D eigenvalue weighted by Crippen LogP contribution is -2.35. The van der Waals surface area contributed by atoms with Gasteiger partial charge in [0.25, 0.3) is 0 Å². The fraction of sp³-hybridized carbons (Fsp3) is 0.889. The first-order valence-corrected chi connectivity index (χ1v) is 4.36. The molecule has 0 aromatic heterocycles. The summed E-state index contributed by atoms with van der Waals surface area (Å²) in [5, 5.41) is 9.00. The van der Waals surface area contributed by atoms with Crippen LogP contribution in [0.15, 0.2) is 0 Å². The van der Waals surface area contributed by atoms with Gasteiger partial charge in [0.1, 0.15) is 0 Å². The van der Waals surface area contributed by atoms with E-state index in [9.17, 15) is 4.79 Å². The highest BCUT2D eigenvalue weighted by Gasteiger charge is 2.24. The molecule has 1 N–H and O–H groups in total. The van der Waals surface area contributed by atoms with Gasteiger partial charge in [-0.15, -0.1) is 0 Å². The van der Waals surface area contributed by atoms with Gasteiger partial charge in [0, 0.05) is 14.1 Å². The normalized spacial score (nSPS) is 15.4. The van der Waals surface area contributed by atoms with Crippen molar-refractivity contribution in [1.82, 2.24) is 4.90 Å². The van der Waals surface area contributed by atoms with Crippen LogP contribution in [0.4, 0.5) is 0 Å². The van der Waals surface area contributed by atoms with Crippen LogP contribution >= 0.6 is 0 Å². The van der Waals surface area contributed by atoms with E-state index in [4.69, 9.17) is 5.11 Å². The van der Waals surface area contributed by atoms with Gasteiger partial charge >= 0.3 is 0 Å². The average Bonchev–Trinajstić information content (AvgIpc) is 2.05. The first-order chi connectivity index (χ1) is 5.54. The minimum Gasteiger partial charge on any atom is -0.396 e. The molecular weight excluding hydrogens is 154 g/mol. The Balaban J connectivity index is 4.24. The Kier molecular flexibility index (Phi) is 4.90. The third-order valence-electron chi connectivity index (χ3n) is 2.29. The molecule has 0 spiro atoms. The highest BCUT2D eigenvalue weighted by molar-refractivity contribution is 5.78. The van der Waals surface area contributed by atoms with Crippen molar-refractivity contribution in [2.24, 2.45) is 11.8 Å². The summed E-state index contributed by atoms with van der Waals surface area (Å²) in [5.41, 5.74) is 0. The van der Waals surface area contributed by atoms with Gasteiger partial charge in [-0.1, -0.05) is 20.3 Å². The molecule has 0 aliphatic rings. The molecule has 3 heteroatoms. The van der Waals surface area contributed by atoms with Crippen LogP contribution in [0.25, 0.3) is 0 Å². The van der Waals surface area contributed by atoms with E-state index < -0.39 is 0 Å². The Morgan fingerprint density at radius 3 is 2.25 bits per heavy atom. The number of rotatable bonds is 4. The largest absolute Gasteiger partial charge is 0.396 e. The summed E-state index contributed by atoms with van der Waals surface area (Å²) < 4.78 is 0. The third kappa shape index (κ3) is 2.81. The molecule has 0 saturated heterocycles. The number of aliphatic hydroxyl groups excluding tert-OH is 1. The minimum atomic E-state index is -0.231. The summed E-state index contributed by atoms with van der Waals surface area (Å²) in [4.78, 5) is 13.0. The average molecular weight is 173 g/mol. The SMILES string of the molecule is CCC(C)C(CO)C(=O)N(C)C. The van der Waals surface area contributed by atoms with E-state index in [0.717, 1.165) is 6.42 Å². The van der Waals surface area contributed by atoms with Crippen molar-refractivity contribution in [2.45, 2.75) is 20.3 Å². The van der Waals surface area contributed by atoms with Crippen molar-refractivity contribution in [1.29, 1.82) is 0 Å². The van der Waals surface area contributed by atoms with E-state index in [1.807, 2.05) is 13.8 Å². The number of amides is 1. The highest BCUT2D eigenvalue weighted by atomic mass is 16.3. The molecule has 0 saturated carbocycles. The topological polar surface area (TPSA) is 40.5 Å². The van der Waals surface area contributed by atoms with Crippen LogP contribution in [0.5, 0.6) is 0 Å². The molecule has 0 bridgehead atoms. The fourth-order valence-electron chi connectivity index (χ4n) is 1.12. The van der Waals surface area contributed by atoms with Crippen LogP contribution in [-0.2, 0) is 4.79 Å². The van der Waals surface area contributed by atoms with Crippen molar-refractivity contribution in [3.63, 3.8) is 0 Å². The number of nitrogens with zero attached hydrogens (tertiary/aromatic N) is 1. The van der Waals surface area contributed by atoms with Gasteiger partial charge in [-0.05, 0) is 5.92 Å². The Labute approximate surface area is 74.4 Å². The zero-order valence-electron chi connectivity index (χ0n) is 8.37. The first kappa shape index (κ1) is 11.4. The van der Waals surface area contributed by atoms with E-state index in [-0.39, 0.29) is 24.3 Å². The van der Waals surface area contributed by atoms with Gasteiger partial charge in [-0.3, -0.25) is 4.79 Å². The molecule has 3 nitrogen and oxygen atoms in total. The molecule has 0 rings (SSSR count). The van der Waals surface area contributed by atoms with Crippen LogP contribution in [0.2, 0.25) is 0 Å². The van der Waals surface area contributed by atoms with Crippen LogP contribution in [0.1, 0.15) is 20.3 Å². The number of aliphatic hydroxyl groups is 1. The zero-order chi connectivity index (χ0) is 9.72. The zero-order valence-corrected chi connectivity index (χ0v) is 8.37. The quantitative estimate of drug-likeness (QED) is 0.681. The number of carbonyl (C=O) groups excluding carboxylic acids is 1. The molecule has 0 radical (unpaired) electrons. The lowest BCUT2D eigenvalue weighted by atomic mass is 9.91. The number of carbonyl (C=O) groups is 1. The van der Waals surface area contributed by atoms with Gasteiger partial charge in [-0.25, -0.2) is 0 Å². The van der Waals surface area contributed by atoms with Crippen molar-refractivity contribution >= 4 is 5.91 Å². The molecule has 0 aromatic rings. The summed E-state index contributed by atoms with van der Waals surface area (Å²) in [6, 6.07) is 0. The lowest BCUT2D eigenvalue weighted by molar-refractivity contribution is -0.136. The molecule has 0 heterocycles. The third-order valence-corrected chi connectivity index (χ3v) is 2.29. The second-order valence-corrected chi connectivity index (χ2v) is 3.41. The van der Waals surface area contributed by atoms with Crippen LogP contribution in [0.3, 0.4) is 0 Å². The van der Waals surface area contributed by atoms with E-state index in [1.165, 1.54) is 4.90 Å². The summed E-state index contributed by atoms with van der Waals surface area (Å²) in [6.07, 6.45) is 0.921. The second kappa shape index (κ2) is 5.14. The van der Waals surface area contributed by atoms with E-state index >= 15 is 0 Å². The van der Waals surface area contributed by atoms with E-state index in [0.29, 0.717) is 0 Å². The lowest BCUT2D eigenvalue weighted by Gasteiger charge is -2.23. The van der Waals surface area contributed by atoms with Crippen LogP contribution in [-0.4, -0.2) is 36.6 Å². The number of hydrogen-bond acceptors (Lipinski definition) is 2. The maximum atomic E-state index is 11.4. The van der Waals surface area contributed by atoms with Crippen LogP contribution < -0.4 is 0 Å². The second-order valence-electron chi connectivity index (χ2n) is 3.41. The van der Waals surface area contributed by atoms with Gasteiger partial charge in [0.2, 0.25) is 5.91 Å². The molecule has 2 atom stereocenters. The minimum absolute atomic E-state index is 0.0202. The van der Waals surface area contributed by atoms with Crippen molar-refractivity contribution in [3.05, 3.63) is 0 Å². The molecule has 1 amide bonds. The first-order valence-electron chi connectivity index (χ1n) is 4.36. The predicted molar refractivity (Wildman–Crippen MR) is 48.7 cm³/mol. The molecule has 0 aromatic carbocycles. The van der Waals surface area contributed by atoms with Gasteiger partial charge in [0.15, 0.2) is 0 Å². The monoisotopic (exact) mass is 173 g/mol. The molecule has 0 aliphatic heterocycles. The molecular formula is C9H19NO2. The van der Waals surface area contributed by atoms with Gasteiger partial charge in [-0.2, -0.15) is 0 Å². The molecule has 2 unspecified atom stereocenters. The van der Waals surface area contributed by atoms with E-state index in [2.05, 4.69) is 0 Å². The Morgan fingerprint density at radius 1 is 1.50 bits per heavy atom. The van der Waals surface area contributed by atoms with Crippen molar-refractivity contribution in [3.8, 4) is 0 Å². The molecule has 72 valence electrons. The molecule has 0 fully saturated rings. The summed E-state index contributed by atoms with van der Waals surface area (Å²) >= 11 is 0. The van der Waals surface area contributed by atoms with Gasteiger partial charge in [0.05, 0.1) is 12.5 Å². The summed E-state index contributed by atoms with van der Waals surface area (Å²) in [6.45, 7) is 3.96. The van der Waals surface area contributed by atoms with Gasteiger partial charge < -0.3 is 10.0 Å². The van der Waals surface area contributed by atoms with Crippen LogP contribution in [0, 0.1) is 11.8 Å². The molecule has 0 aliphatic carbocycles. The summed E-state index contributed by atoms with van der Waals surface area (Å²) in [7, 11) is 3.43. The fourth-order valence-corrected chi connectivity index (χ4v) is 1.12. The predicted octanol–water partition coefficient (Wildman–Crippen LogP) is 0.729. The Hall–Kier alpha value is -0.570. The smallest absolute Gasteiger partial charge is 0.227 e. The maximum absolute atomic E-state index is 11.4. The highest BCUT2D eigenvalue weighted by Crippen LogP contribution is 2.16. The maximum Gasteiger partial charge on any atom is 0.227 e. The summed E-state index contributed by atoms with van der Waals surface area (Å²) in [5.74, 6) is 0.0433. The number of hydrogen-bond donors (Lipinski definition) is 1. The van der Waals surface area contributed by atoms with Crippen molar-refractivity contribution in [2.75, 3.05) is 20.7 Å². The van der Waals surface area contributed by atoms with Crippen molar-refractivity contribution < 1.29 is 9.90 Å². The molecule has 12 heavy (non-hydrogen) atoms.